The van der Waals surface area contributed by atoms with Crippen LogP contribution in [0.2, 0.25) is 0 Å². The smallest absolute Gasteiger partial charge is 0.197 e. The lowest BCUT2D eigenvalue weighted by Gasteiger charge is -2.18. The molecule has 2 rings (SSSR count). The van der Waals surface area contributed by atoms with Gasteiger partial charge in [0.1, 0.15) is 0 Å². The fraction of sp³-hybridized carbons (Fsp3) is 0.125. The Labute approximate surface area is 94.1 Å². The number of amidine groups is 1. The molecule has 1 aromatic rings. The van der Waals surface area contributed by atoms with Gasteiger partial charge in [-0.3, -0.25) is 0 Å². The van der Waals surface area contributed by atoms with Crippen LogP contribution in [0.1, 0.15) is 11.1 Å². The average Bonchev–Trinajstić information content (AvgIpc) is 2.06. The molecule has 0 fully saturated rings. The van der Waals surface area contributed by atoms with Crippen LogP contribution in [0.15, 0.2) is 27.7 Å². The summed E-state index contributed by atoms with van der Waals surface area (Å²) in [6.45, 7) is 0. The van der Waals surface area contributed by atoms with E-state index in [9.17, 15) is 0 Å². The first kappa shape index (κ1) is 9.31. The Morgan fingerprint density at radius 3 is 3.00 bits per heavy atom. The SMILES string of the molecule is ClC1=NC(Cl)c2cc(Br)ccc2N1. The first-order valence-electron chi connectivity index (χ1n) is 3.60. The maximum atomic E-state index is 5.98. The lowest BCUT2D eigenvalue weighted by atomic mass is 10.1. The molecule has 0 saturated carbocycles. The topological polar surface area (TPSA) is 24.4 Å². The van der Waals surface area contributed by atoms with Gasteiger partial charge in [0.2, 0.25) is 0 Å². The van der Waals surface area contributed by atoms with Gasteiger partial charge in [0.05, 0.1) is 0 Å². The number of hydrogen-bond acceptors (Lipinski definition) is 2. The minimum absolute atomic E-state index is 0.329. The molecule has 0 saturated heterocycles. The van der Waals surface area contributed by atoms with E-state index in [0.29, 0.717) is 5.29 Å². The van der Waals surface area contributed by atoms with Crippen molar-refractivity contribution in [2.24, 2.45) is 4.99 Å². The Bertz CT molecular complexity index is 378. The third kappa shape index (κ3) is 1.82. The molecule has 0 bridgehead atoms. The number of aliphatic imine (C=N–C) groups is 1. The Morgan fingerprint density at radius 1 is 1.46 bits per heavy atom. The molecule has 0 aliphatic carbocycles. The molecule has 1 unspecified atom stereocenters. The van der Waals surface area contributed by atoms with E-state index in [0.717, 1.165) is 15.7 Å². The van der Waals surface area contributed by atoms with Gasteiger partial charge in [-0.2, -0.15) is 0 Å². The van der Waals surface area contributed by atoms with E-state index in [1.165, 1.54) is 0 Å². The van der Waals surface area contributed by atoms with E-state index < -0.39 is 5.50 Å². The van der Waals surface area contributed by atoms with E-state index in [4.69, 9.17) is 23.2 Å². The lowest BCUT2D eigenvalue weighted by molar-refractivity contribution is 1.01. The highest BCUT2D eigenvalue weighted by Crippen LogP contribution is 2.34. The summed E-state index contributed by atoms with van der Waals surface area (Å²) in [7, 11) is 0. The summed E-state index contributed by atoms with van der Waals surface area (Å²) in [6.07, 6.45) is 0. The predicted molar refractivity (Wildman–Crippen MR) is 59.6 cm³/mol. The van der Waals surface area contributed by atoms with Crippen molar-refractivity contribution in [1.29, 1.82) is 0 Å². The van der Waals surface area contributed by atoms with Gasteiger partial charge in [0.15, 0.2) is 10.8 Å². The molecule has 1 heterocycles. The van der Waals surface area contributed by atoms with Crippen molar-refractivity contribution < 1.29 is 0 Å². The Balaban J connectivity index is 2.50. The summed E-state index contributed by atoms with van der Waals surface area (Å²) in [6, 6.07) is 5.75. The Hall–Kier alpha value is -0.250. The standard InChI is InChI=1S/C8H5BrCl2N2/c9-4-1-2-6-5(3-4)7(10)13-8(11)12-6/h1-3,7H,(H,12,13). The molecule has 2 nitrogen and oxygen atoms in total. The third-order valence-electron chi connectivity index (χ3n) is 1.73. The third-order valence-corrected chi connectivity index (χ3v) is 2.75. The van der Waals surface area contributed by atoms with Crippen LogP contribution in [-0.4, -0.2) is 5.29 Å². The van der Waals surface area contributed by atoms with Crippen LogP contribution in [0.25, 0.3) is 0 Å². The number of rotatable bonds is 0. The van der Waals surface area contributed by atoms with Gasteiger partial charge in [-0.15, -0.1) is 0 Å². The average molecular weight is 280 g/mol. The van der Waals surface area contributed by atoms with Crippen molar-refractivity contribution in [1.82, 2.24) is 0 Å². The van der Waals surface area contributed by atoms with Gasteiger partial charge in [-0.1, -0.05) is 27.5 Å². The van der Waals surface area contributed by atoms with E-state index >= 15 is 0 Å². The number of anilines is 1. The number of fused-ring (bicyclic) bond motifs is 1. The molecule has 1 aromatic carbocycles. The van der Waals surface area contributed by atoms with Gasteiger partial charge in [-0.05, 0) is 29.8 Å². The highest BCUT2D eigenvalue weighted by molar-refractivity contribution is 9.10. The molecule has 1 atom stereocenters. The van der Waals surface area contributed by atoms with Gasteiger partial charge in [-0.25, -0.2) is 4.99 Å². The van der Waals surface area contributed by atoms with Crippen LogP contribution in [0.4, 0.5) is 5.69 Å². The fourth-order valence-electron chi connectivity index (χ4n) is 1.16. The van der Waals surface area contributed by atoms with Crippen molar-refractivity contribution in [3.8, 4) is 0 Å². The molecule has 1 aliphatic heterocycles. The highest BCUT2D eigenvalue weighted by Gasteiger charge is 2.18. The minimum Gasteiger partial charge on any atom is -0.330 e. The molecule has 0 radical (unpaired) electrons. The van der Waals surface area contributed by atoms with Crippen LogP contribution in [-0.2, 0) is 0 Å². The normalized spacial score (nSPS) is 20.2. The molecule has 0 spiro atoms. The predicted octanol–water partition coefficient (Wildman–Crippen LogP) is 3.71. The summed E-state index contributed by atoms with van der Waals surface area (Å²) in [5.74, 6) is 0. The maximum absolute atomic E-state index is 5.98. The molecule has 13 heavy (non-hydrogen) atoms. The maximum Gasteiger partial charge on any atom is 0.197 e. The number of halogens is 3. The van der Waals surface area contributed by atoms with Gasteiger partial charge >= 0.3 is 0 Å². The minimum atomic E-state index is -0.402. The summed E-state index contributed by atoms with van der Waals surface area (Å²) in [5.41, 5.74) is 1.44. The molecular weight excluding hydrogens is 275 g/mol. The van der Waals surface area contributed by atoms with E-state index in [1.54, 1.807) is 0 Å². The van der Waals surface area contributed by atoms with Crippen LogP contribution in [0.3, 0.4) is 0 Å². The van der Waals surface area contributed by atoms with E-state index in [2.05, 4.69) is 26.2 Å². The zero-order valence-electron chi connectivity index (χ0n) is 6.39. The van der Waals surface area contributed by atoms with Crippen molar-refractivity contribution in [3.63, 3.8) is 0 Å². The first-order chi connectivity index (χ1) is 6.16. The lowest BCUT2D eigenvalue weighted by Crippen LogP contribution is -2.13. The van der Waals surface area contributed by atoms with Gasteiger partial charge < -0.3 is 5.32 Å². The second-order valence-corrected chi connectivity index (χ2v) is 4.30. The van der Waals surface area contributed by atoms with Gasteiger partial charge in [0.25, 0.3) is 0 Å². The number of alkyl halides is 1. The zero-order valence-corrected chi connectivity index (χ0v) is 9.49. The molecule has 1 aliphatic rings. The summed E-state index contributed by atoms with van der Waals surface area (Å²) in [5, 5.41) is 3.26. The number of benzene rings is 1. The number of nitrogens with one attached hydrogen (secondary N) is 1. The summed E-state index contributed by atoms with van der Waals surface area (Å²) < 4.78 is 0.979. The van der Waals surface area contributed by atoms with Crippen LogP contribution < -0.4 is 5.32 Å². The van der Waals surface area contributed by atoms with Crippen molar-refractivity contribution in [3.05, 3.63) is 28.2 Å². The zero-order chi connectivity index (χ0) is 9.42. The molecule has 1 N–H and O–H groups in total. The fourth-order valence-corrected chi connectivity index (χ4v) is 2.06. The highest BCUT2D eigenvalue weighted by atomic mass is 79.9. The second-order valence-electron chi connectivity index (χ2n) is 2.61. The molecular formula is C8H5BrCl2N2. The van der Waals surface area contributed by atoms with Crippen LogP contribution in [0.5, 0.6) is 0 Å². The quantitative estimate of drug-likeness (QED) is 0.568. The second kappa shape index (κ2) is 3.48. The molecule has 68 valence electrons. The molecule has 5 heteroatoms. The molecule has 0 amide bonds. The van der Waals surface area contributed by atoms with Crippen molar-refractivity contribution >= 4 is 50.1 Å². The van der Waals surface area contributed by atoms with Gasteiger partial charge in [0, 0.05) is 15.7 Å². The number of hydrogen-bond donors (Lipinski definition) is 1. The van der Waals surface area contributed by atoms with Crippen LogP contribution >= 0.6 is 39.1 Å². The summed E-state index contributed by atoms with van der Waals surface area (Å²) in [4.78, 5) is 3.98. The van der Waals surface area contributed by atoms with Crippen molar-refractivity contribution in [2.45, 2.75) is 5.50 Å². The van der Waals surface area contributed by atoms with Crippen molar-refractivity contribution in [2.75, 3.05) is 5.32 Å². The monoisotopic (exact) mass is 278 g/mol. The van der Waals surface area contributed by atoms with Crippen LogP contribution in [0, 0.1) is 0 Å². The van der Waals surface area contributed by atoms with E-state index in [-0.39, 0.29) is 0 Å². The summed E-state index contributed by atoms with van der Waals surface area (Å²) >= 11 is 15.1. The molecule has 0 aromatic heterocycles. The first-order valence-corrected chi connectivity index (χ1v) is 5.21. The Kier molecular flexibility index (Phi) is 2.49. The van der Waals surface area contributed by atoms with E-state index in [1.807, 2.05) is 18.2 Å². The Morgan fingerprint density at radius 2 is 2.23 bits per heavy atom. The number of nitrogens with zero attached hydrogens (tertiary/aromatic N) is 1. The largest absolute Gasteiger partial charge is 0.330 e.